The zero-order valence-electron chi connectivity index (χ0n) is 10.4. The highest BCUT2D eigenvalue weighted by molar-refractivity contribution is 7.17. The summed E-state index contributed by atoms with van der Waals surface area (Å²) in [7, 11) is 0. The summed E-state index contributed by atoms with van der Waals surface area (Å²) in [6.07, 6.45) is 0. The Kier molecular flexibility index (Phi) is 4.29. The van der Waals surface area contributed by atoms with E-state index in [2.05, 4.69) is 5.32 Å². The average Bonchev–Trinajstić information content (AvgIpc) is 2.89. The van der Waals surface area contributed by atoms with E-state index in [0.717, 1.165) is 10.4 Å². The van der Waals surface area contributed by atoms with Crippen molar-refractivity contribution in [1.82, 2.24) is 5.32 Å². The largest absolute Gasteiger partial charge is 0.394 e. The maximum atomic E-state index is 12.8. The molecule has 0 radical (unpaired) electrons. The maximum Gasteiger partial charge on any atom is 0.261 e. The lowest BCUT2D eigenvalue weighted by molar-refractivity contribution is 0.0926. The van der Waals surface area contributed by atoms with Crippen LogP contribution in [0.2, 0.25) is 0 Å². The van der Waals surface area contributed by atoms with Crippen molar-refractivity contribution in [1.29, 1.82) is 0 Å². The fraction of sp³-hybridized carbons (Fsp3) is 0.214. The fourth-order valence-electron chi connectivity index (χ4n) is 1.57. The van der Waals surface area contributed by atoms with Gasteiger partial charge in [0.25, 0.3) is 5.91 Å². The van der Waals surface area contributed by atoms with Gasteiger partial charge < -0.3 is 10.4 Å². The maximum absolute atomic E-state index is 12.8. The molecule has 100 valence electrons. The lowest BCUT2D eigenvalue weighted by Gasteiger charge is -2.08. The van der Waals surface area contributed by atoms with Crippen LogP contribution in [0.3, 0.4) is 0 Å². The third-order valence-electron chi connectivity index (χ3n) is 2.61. The molecule has 1 aromatic heterocycles. The van der Waals surface area contributed by atoms with E-state index in [0.29, 0.717) is 4.88 Å². The van der Waals surface area contributed by atoms with E-state index in [9.17, 15) is 9.18 Å². The molecule has 2 aromatic rings. The summed E-state index contributed by atoms with van der Waals surface area (Å²) in [4.78, 5) is 13.3. The summed E-state index contributed by atoms with van der Waals surface area (Å²) >= 11 is 1.34. The van der Waals surface area contributed by atoms with Crippen molar-refractivity contribution in [3.05, 3.63) is 47.1 Å². The van der Waals surface area contributed by atoms with Crippen molar-refractivity contribution in [2.24, 2.45) is 0 Å². The van der Waals surface area contributed by atoms with E-state index in [1.165, 1.54) is 23.5 Å². The molecule has 0 aliphatic rings. The summed E-state index contributed by atoms with van der Waals surface area (Å²) in [6.45, 7) is 1.63. The summed E-state index contributed by atoms with van der Waals surface area (Å²) in [5, 5.41) is 11.6. The number of rotatable bonds is 4. The Bertz CT molecular complexity index is 565. The van der Waals surface area contributed by atoms with Crippen LogP contribution in [-0.2, 0) is 0 Å². The second-order valence-electron chi connectivity index (χ2n) is 4.23. The molecule has 1 unspecified atom stereocenters. The first-order valence-corrected chi connectivity index (χ1v) is 6.69. The SMILES string of the molecule is CC(CO)NC(=O)c1ccc(-c2ccc(F)cc2)s1. The van der Waals surface area contributed by atoms with Gasteiger partial charge in [0.2, 0.25) is 0 Å². The van der Waals surface area contributed by atoms with Crippen LogP contribution >= 0.6 is 11.3 Å². The Morgan fingerprint density at radius 1 is 1.32 bits per heavy atom. The molecule has 19 heavy (non-hydrogen) atoms. The van der Waals surface area contributed by atoms with Gasteiger partial charge in [0, 0.05) is 10.9 Å². The number of aliphatic hydroxyl groups is 1. The number of amides is 1. The number of hydrogen-bond donors (Lipinski definition) is 2. The van der Waals surface area contributed by atoms with Gasteiger partial charge in [-0.25, -0.2) is 4.39 Å². The molecule has 0 bridgehead atoms. The zero-order chi connectivity index (χ0) is 13.8. The minimum atomic E-state index is -0.282. The quantitative estimate of drug-likeness (QED) is 0.904. The topological polar surface area (TPSA) is 49.3 Å². The van der Waals surface area contributed by atoms with E-state index < -0.39 is 0 Å². The average molecular weight is 279 g/mol. The minimum Gasteiger partial charge on any atom is -0.394 e. The summed E-state index contributed by atoms with van der Waals surface area (Å²) < 4.78 is 12.8. The fourth-order valence-corrected chi connectivity index (χ4v) is 2.48. The van der Waals surface area contributed by atoms with Crippen molar-refractivity contribution in [2.75, 3.05) is 6.61 Å². The van der Waals surface area contributed by atoms with Crippen molar-refractivity contribution in [3.8, 4) is 10.4 Å². The Labute approximate surface area is 114 Å². The molecule has 0 spiro atoms. The van der Waals surface area contributed by atoms with Gasteiger partial charge in [0.05, 0.1) is 11.5 Å². The third kappa shape index (κ3) is 3.39. The second-order valence-corrected chi connectivity index (χ2v) is 5.31. The molecule has 0 saturated heterocycles. The molecule has 0 saturated carbocycles. The number of benzene rings is 1. The molecule has 0 fully saturated rings. The highest BCUT2D eigenvalue weighted by atomic mass is 32.1. The molecule has 0 aliphatic carbocycles. The molecule has 3 nitrogen and oxygen atoms in total. The van der Waals surface area contributed by atoms with Crippen LogP contribution in [0.5, 0.6) is 0 Å². The predicted molar refractivity (Wildman–Crippen MR) is 73.7 cm³/mol. The van der Waals surface area contributed by atoms with Gasteiger partial charge >= 0.3 is 0 Å². The van der Waals surface area contributed by atoms with Crippen LogP contribution < -0.4 is 5.32 Å². The Morgan fingerprint density at radius 2 is 2.00 bits per heavy atom. The Hall–Kier alpha value is -1.72. The van der Waals surface area contributed by atoms with E-state index in [4.69, 9.17) is 5.11 Å². The summed E-state index contributed by atoms with van der Waals surface area (Å²) in [6, 6.07) is 9.42. The zero-order valence-corrected chi connectivity index (χ0v) is 11.2. The Morgan fingerprint density at radius 3 is 2.63 bits per heavy atom. The van der Waals surface area contributed by atoms with Gasteiger partial charge in [-0.1, -0.05) is 12.1 Å². The van der Waals surface area contributed by atoms with E-state index in [-0.39, 0.29) is 24.4 Å². The number of nitrogens with one attached hydrogen (secondary N) is 1. The summed E-state index contributed by atoms with van der Waals surface area (Å²) in [5.74, 6) is -0.491. The lowest BCUT2D eigenvalue weighted by Crippen LogP contribution is -2.34. The van der Waals surface area contributed by atoms with Gasteiger partial charge in [0.15, 0.2) is 0 Å². The number of hydrogen-bond acceptors (Lipinski definition) is 3. The normalized spacial score (nSPS) is 12.2. The van der Waals surface area contributed by atoms with E-state index >= 15 is 0 Å². The number of thiophene rings is 1. The number of aliphatic hydroxyl groups excluding tert-OH is 1. The number of halogens is 1. The van der Waals surface area contributed by atoms with Crippen LogP contribution in [0, 0.1) is 5.82 Å². The van der Waals surface area contributed by atoms with Crippen LogP contribution in [-0.4, -0.2) is 23.7 Å². The van der Waals surface area contributed by atoms with Gasteiger partial charge in [-0.05, 0) is 36.8 Å². The first-order chi connectivity index (χ1) is 9.10. The minimum absolute atomic E-state index is 0.0953. The molecular weight excluding hydrogens is 265 g/mol. The smallest absolute Gasteiger partial charge is 0.261 e. The van der Waals surface area contributed by atoms with Crippen LogP contribution in [0.1, 0.15) is 16.6 Å². The molecule has 1 aromatic carbocycles. The van der Waals surface area contributed by atoms with Gasteiger partial charge in [0.1, 0.15) is 5.82 Å². The highest BCUT2D eigenvalue weighted by Crippen LogP contribution is 2.28. The molecular formula is C14H14FNO2S. The monoisotopic (exact) mass is 279 g/mol. The standard InChI is InChI=1S/C14H14FNO2S/c1-9(8-17)16-14(18)13-7-6-12(19-13)10-2-4-11(15)5-3-10/h2-7,9,17H,8H2,1H3,(H,16,18). The highest BCUT2D eigenvalue weighted by Gasteiger charge is 2.12. The third-order valence-corrected chi connectivity index (χ3v) is 3.74. The predicted octanol–water partition coefficient (Wildman–Crippen LogP) is 2.66. The first kappa shape index (κ1) is 13.7. The van der Waals surface area contributed by atoms with E-state index in [1.807, 2.05) is 6.07 Å². The second kappa shape index (κ2) is 5.95. The van der Waals surface area contributed by atoms with Crippen molar-refractivity contribution in [2.45, 2.75) is 13.0 Å². The number of carbonyl (C=O) groups excluding carboxylic acids is 1. The molecule has 5 heteroatoms. The van der Waals surface area contributed by atoms with Crippen molar-refractivity contribution in [3.63, 3.8) is 0 Å². The molecule has 0 aliphatic heterocycles. The van der Waals surface area contributed by atoms with Gasteiger partial charge in [-0.15, -0.1) is 11.3 Å². The van der Waals surface area contributed by atoms with Crippen molar-refractivity contribution >= 4 is 17.2 Å². The first-order valence-electron chi connectivity index (χ1n) is 5.87. The van der Waals surface area contributed by atoms with E-state index in [1.54, 1.807) is 25.1 Å². The molecule has 1 amide bonds. The van der Waals surface area contributed by atoms with Crippen LogP contribution in [0.4, 0.5) is 4.39 Å². The molecule has 1 atom stereocenters. The van der Waals surface area contributed by atoms with Gasteiger partial charge in [-0.2, -0.15) is 0 Å². The molecule has 1 heterocycles. The molecule has 2 N–H and O–H groups in total. The Balaban J connectivity index is 2.15. The molecule has 2 rings (SSSR count). The number of carbonyl (C=O) groups is 1. The lowest BCUT2D eigenvalue weighted by atomic mass is 10.2. The van der Waals surface area contributed by atoms with Crippen LogP contribution in [0.25, 0.3) is 10.4 Å². The van der Waals surface area contributed by atoms with Crippen LogP contribution in [0.15, 0.2) is 36.4 Å². The van der Waals surface area contributed by atoms with Crippen molar-refractivity contribution < 1.29 is 14.3 Å². The summed E-state index contributed by atoms with van der Waals surface area (Å²) in [5.41, 5.74) is 0.876. The van der Waals surface area contributed by atoms with Gasteiger partial charge in [-0.3, -0.25) is 4.79 Å².